The Hall–Kier alpha value is -1.81. The molecule has 7 nitrogen and oxygen atoms in total. The smallest absolute Gasteiger partial charge is 0.177 e. The second kappa shape index (κ2) is 5.90. The molecule has 1 aromatic heterocycles. The number of benzene rings is 1. The Morgan fingerprint density at radius 1 is 1.29 bits per heavy atom. The van der Waals surface area contributed by atoms with E-state index in [9.17, 15) is 0 Å². The van der Waals surface area contributed by atoms with Crippen molar-refractivity contribution in [3.05, 3.63) is 39.7 Å². The van der Waals surface area contributed by atoms with Crippen molar-refractivity contribution in [2.75, 3.05) is 13.7 Å². The van der Waals surface area contributed by atoms with Crippen LogP contribution >= 0.6 is 22.6 Å². The van der Waals surface area contributed by atoms with E-state index in [1.54, 1.807) is 7.11 Å². The normalized spacial score (nSPS) is 14.0. The van der Waals surface area contributed by atoms with E-state index < -0.39 is 0 Å². The topological polar surface area (TPSA) is 66.7 Å². The van der Waals surface area contributed by atoms with Crippen molar-refractivity contribution in [2.24, 2.45) is 5.10 Å². The third-order valence-electron chi connectivity index (χ3n) is 3.19. The van der Waals surface area contributed by atoms with Gasteiger partial charge in [-0.25, -0.2) is 10.2 Å². The minimum absolute atomic E-state index is 0.801. The highest BCUT2D eigenvalue weighted by Gasteiger charge is 2.22. The Morgan fingerprint density at radius 2 is 2.05 bits per heavy atom. The number of rotatable bonds is 4. The number of hydrazone groups is 1. The van der Waals surface area contributed by atoms with E-state index in [0.29, 0.717) is 0 Å². The summed E-state index contributed by atoms with van der Waals surface area (Å²) >= 11 is 2.28. The van der Waals surface area contributed by atoms with Crippen LogP contribution in [0.3, 0.4) is 0 Å². The van der Waals surface area contributed by atoms with E-state index in [1.165, 1.54) is 0 Å². The van der Waals surface area contributed by atoms with Gasteiger partial charge in [-0.1, -0.05) is 0 Å². The predicted molar refractivity (Wildman–Crippen MR) is 88.0 cm³/mol. The summed E-state index contributed by atoms with van der Waals surface area (Å²) in [7, 11) is 1.66. The van der Waals surface area contributed by atoms with E-state index >= 15 is 0 Å². The second-order valence-electron chi connectivity index (χ2n) is 4.36. The van der Waals surface area contributed by atoms with Gasteiger partial charge in [0.05, 0.1) is 24.6 Å². The number of halogens is 1. The molecule has 110 valence electrons. The molecule has 2 aromatic rings. The van der Waals surface area contributed by atoms with Gasteiger partial charge in [0.15, 0.2) is 5.84 Å². The SMILES string of the molecule is CCN1NNN=C1c1cnn(-c2ccc(OC)cc2)c1I. The molecule has 0 spiro atoms. The van der Waals surface area contributed by atoms with E-state index in [-0.39, 0.29) is 0 Å². The third-order valence-corrected chi connectivity index (χ3v) is 4.23. The van der Waals surface area contributed by atoms with E-state index in [4.69, 9.17) is 4.74 Å². The van der Waals surface area contributed by atoms with Gasteiger partial charge in [0.25, 0.3) is 0 Å². The molecule has 21 heavy (non-hydrogen) atoms. The van der Waals surface area contributed by atoms with E-state index in [0.717, 1.165) is 33.1 Å². The quantitative estimate of drug-likeness (QED) is 0.765. The van der Waals surface area contributed by atoms with Crippen LogP contribution in [0, 0.1) is 3.70 Å². The average Bonchev–Trinajstić information content (AvgIpc) is 3.13. The summed E-state index contributed by atoms with van der Waals surface area (Å²) in [6.07, 6.45) is 1.82. The van der Waals surface area contributed by atoms with Crippen molar-refractivity contribution in [1.29, 1.82) is 0 Å². The maximum atomic E-state index is 5.18. The first-order valence-corrected chi connectivity index (χ1v) is 7.56. The fraction of sp³-hybridized carbons (Fsp3) is 0.231. The monoisotopic (exact) mass is 398 g/mol. The molecule has 0 saturated heterocycles. The van der Waals surface area contributed by atoms with Crippen molar-refractivity contribution in [2.45, 2.75) is 6.92 Å². The number of hydrazine groups is 2. The first-order chi connectivity index (χ1) is 10.2. The second-order valence-corrected chi connectivity index (χ2v) is 5.38. The molecule has 0 bridgehead atoms. The molecule has 0 atom stereocenters. The van der Waals surface area contributed by atoms with Crippen molar-refractivity contribution in [1.82, 2.24) is 25.9 Å². The first-order valence-electron chi connectivity index (χ1n) is 6.48. The molecule has 1 aliphatic rings. The van der Waals surface area contributed by atoms with Crippen LogP contribution in [0.25, 0.3) is 5.69 Å². The van der Waals surface area contributed by atoms with Crippen LogP contribution in [0.15, 0.2) is 35.6 Å². The molecule has 3 rings (SSSR count). The lowest BCUT2D eigenvalue weighted by Gasteiger charge is -2.15. The maximum Gasteiger partial charge on any atom is 0.177 e. The largest absolute Gasteiger partial charge is 0.497 e. The Morgan fingerprint density at radius 3 is 2.71 bits per heavy atom. The van der Waals surface area contributed by atoms with Crippen LogP contribution in [-0.4, -0.2) is 34.3 Å². The fourth-order valence-corrected chi connectivity index (χ4v) is 2.86. The number of amidine groups is 1. The van der Waals surface area contributed by atoms with E-state index in [2.05, 4.69) is 50.8 Å². The molecule has 0 fully saturated rings. The third kappa shape index (κ3) is 2.56. The summed E-state index contributed by atoms with van der Waals surface area (Å²) in [5.74, 6) is 1.66. The van der Waals surface area contributed by atoms with Crippen LogP contribution in [0.2, 0.25) is 0 Å². The zero-order valence-electron chi connectivity index (χ0n) is 11.7. The summed E-state index contributed by atoms with van der Waals surface area (Å²) < 4.78 is 8.06. The number of ether oxygens (including phenoxy) is 1. The van der Waals surface area contributed by atoms with Crippen LogP contribution < -0.4 is 15.8 Å². The van der Waals surface area contributed by atoms with Crippen LogP contribution in [0.5, 0.6) is 5.75 Å². The van der Waals surface area contributed by atoms with Gasteiger partial charge in [0.2, 0.25) is 0 Å². The summed E-state index contributed by atoms with van der Waals surface area (Å²) in [4.78, 5) is 0. The Balaban J connectivity index is 1.95. The van der Waals surface area contributed by atoms with Gasteiger partial charge in [0, 0.05) is 6.54 Å². The van der Waals surface area contributed by atoms with E-state index in [1.807, 2.05) is 40.2 Å². The summed E-state index contributed by atoms with van der Waals surface area (Å²) in [6.45, 7) is 2.85. The van der Waals surface area contributed by atoms with Crippen molar-refractivity contribution in [3.8, 4) is 11.4 Å². The Kier molecular flexibility index (Phi) is 3.97. The molecule has 2 heterocycles. The molecular formula is C13H15IN6O. The number of nitrogens with one attached hydrogen (secondary N) is 2. The van der Waals surface area contributed by atoms with Crippen LogP contribution in [-0.2, 0) is 0 Å². The van der Waals surface area contributed by atoms with Gasteiger partial charge >= 0.3 is 0 Å². The van der Waals surface area contributed by atoms with Crippen molar-refractivity contribution < 1.29 is 4.74 Å². The highest BCUT2D eigenvalue weighted by Crippen LogP contribution is 2.21. The zero-order valence-corrected chi connectivity index (χ0v) is 13.8. The zero-order chi connectivity index (χ0) is 14.8. The molecule has 0 saturated carbocycles. The van der Waals surface area contributed by atoms with Gasteiger partial charge in [0.1, 0.15) is 9.45 Å². The van der Waals surface area contributed by atoms with Gasteiger partial charge in [-0.2, -0.15) is 5.10 Å². The average molecular weight is 398 g/mol. The Bertz CT molecular complexity index is 666. The molecule has 0 radical (unpaired) electrons. The lowest BCUT2D eigenvalue weighted by Crippen LogP contribution is -2.41. The number of hydrogen-bond acceptors (Lipinski definition) is 6. The minimum atomic E-state index is 0.801. The maximum absolute atomic E-state index is 5.18. The van der Waals surface area contributed by atoms with Crippen molar-refractivity contribution >= 4 is 28.4 Å². The molecule has 1 aliphatic heterocycles. The minimum Gasteiger partial charge on any atom is -0.497 e. The molecule has 2 N–H and O–H groups in total. The predicted octanol–water partition coefficient (Wildman–Crippen LogP) is 1.49. The van der Waals surface area contributed by atoms with Crippen molar-refractivity contribution in [3.63, 3.8) is 0 Å². The summed E-state index contributed by atoms with van der Waals surface area (Å²) in [6, 6.07) is 7.78. The fourth-order valence-electron chi connectivity index (χ4n) is 2.07. The first kappa shape index (κ1) is 14.1. The number of nitrogens with zero attached hydrogens (tertiary/aromatic N) is 4. The highest BCUT2D eigenvalue weighted by molar-refractivity contribution is 14.1. The number of aromatic nitrogens is 2. The van der Waals surface area contributed by atoms with Gasteiger partial charge in [-0.3, -0.25) is 5.01 Å². The lowest BCUT2D eigenvalue weighted by atomic mass is 10.3. The Labute approximate surface area is 136 Å². The standard InChI is InChI=1S/C13H15IN6O/c1-3-19-13(16-17-18-19)11-8-15-20(12(11)14)9-4-6-10(21-2)7-5-9/h4-8,17-18H,3H2,1-2H3. The van der Waals surface area contributed by atoms with Gasteiger partial charge < -0.3 is 4.74 Å². The summed E-state index contributed by atoms with van der Waals surface area (Å²) in [5, 5.41) is 10.6. The number of hydrogen-bond donors (Lipinski definition) is 2. The number of methoxy groups -OCH3 is 1. The lowest BCUT2D eigenvalue weighted by molar-refractivity contribution is 0.308. The van der Waals surface area contributed by atoms with Crippen LogP contribution in [0.1, 0.15) is 12.5 Å². The van der Waals surface area contributed by atoms with Gasteiger partial charge in [-0.05, 0) is 53.8 Å². The molecule has 0 unspecified atom stereocenters. The molecular weight excluding hydrogens is 383 g/mol. The highest BCUT2D eigenvalue weighted by atomic mass is 127. The summed E-state index contributed by atoms with van der Waals surface area (Å²) in [5.41, 5.74) is 7.70. The van der Waals surface area contributed by atoms with Crippen LogP contribution in [0.4, 0.5) is 0 Å². The van der Waals surface area contributed by atoms with Gasteiger partial charge in [-0.15, -0.1) is 10.6 Å². The molecule has 1 aromatic carbocycles. The molecule has 0 aliphatic carbocycles. The molecule has 0 amide bonds. The molecule has 8 heteroatoms.